The van der Waals surface area contributed by atoms with Crippen molar-refractivity contribution in [3.63, 3.8) is 0 Å². The first-order chi connectivity index (χ1) is 14.0. The van der Waals surface area contributed by atoms with Gasteiger partial charge in [0.25, 0.3) is 5.91 Å². The minimum absolute atomic E-state index is 0.0116. The van der Waals surface area contributed by atoms with E-state index in [1.54, 1.807) is 13.8 Å². The Labute approximate surface area is 175 Å². The number of fused-ring (bicyclic) bond motifs is 1. The van der Waals surface area contributed by atoms with Crippen LogP contribution in [0.3, 0.4) is 0 Å². The van der Waals surface area contributed by atoms with Crippen molar-refractivity contribution in [2.45, 2.75) is 31.2 Å². The van der Waals surface area contributed by atoms with Gasteiger partial charge >= 0.3 is 0 Å². The molecule has 0 spiro atoms. The molecule has 9 nitrogen and oxygen atoms in total. The van der Waals surface area contributed by atoms with Gasteiger partial charge in [0.2, 0.25) is 15.6 Å². The summed E-state index contributed by atoms with van der Waals surface area (Å²) in [6.07, 6.45) is 0.327. The molecule has 1 atom stereocenters. The minimum atomic E-state index is -3.76. The molecule has 1 amide bonds. The SMILES string of the molecule is CCN(CC)S(=O)(=O)c1ccc2[nH]c(=O)cc(C(=O)N(C)[C@H]3CCS(=O)(=O)C3)c2c1. The number of hydrogen-bond acceptors (Lipinski definition) is 6. The van der Waals surface area contributed by atoms with E-state index < -0.39 is 37.4 Å². The summed E-state index contributed by atoms with van der Waals surface area (Å²) in [5, 5.41) is 0.292. The van der Waals surface area contributed by atoms with Crippen molar-refractivity contribution in [1.82, 2.24) is 14.2 Å². The number of carbonyl (C=O) groups excluding carboxylic acids is 1. The molecular weight excluding hydrogens is 430 g/mol. The van der Waals surface area contributed by atoms with Crippen LogP contribution in [0.2, 0.25) is 0 Å². The number of amides is 1. The van der Waals surface area contributed by atoms with E-state index in [0.717, 1.165) is 6.07 Å². The Kier molecular flexibility index (Phi) is 6.08. The number of H-pyrrole nitrogens is 1. The van der Waals surface area contributed by atoms with Crippen molar-refractivity contribution in [1.29, 1.82) is 0 Å². The molecular formula is C19H25N3O6S2. The maximum absolute atomic E-state index is 13.1. The van der Waals surface area contributed by atoms with Crippen LogP contribution in [-0.2, 0) is 19.9 Å². The molecule has 0 bridgehead atoms. The van der Waals surface area contributed by atoms with Gasteiger partial charge in [0, 0.05) is 43.1 Å². The number of carbonyl (C=O) groups is 1. The van der Waals surface area contributed by atoms with Crippen LogP contribution < -0.4 is 5.56 Å². The maximum Gasteiger partial charge on any atom is 0.254 e. The van der Waals surface area contributed by atoms with Gasteiger partial charge < -0.3 is 9.88 Å². The van der Waals surface area contributed by atoms with Crippen molar-refractivity contribution < 1.29 is 21.6 Å². The Hall–Kier alpha value is -2.24. The number of aromatic amines is 1. The number of pyridine rings is 1. The van der Waals surface area contributed by atoms with Crippen LogP contribution in [0, 0.1) is 0 Å². The summed E-state index contributed by atoms with van der Waals surface area (Å²) >= 11 is 0. The molecule has 1 N–H and O–H groups in total. The third-order valence-electron chi connectivity index (χ3n) is 5.46. The third-order valence-corrected chi connectivity index (χ3v) is 9.26. The topological polar surface area (TPSA) is 125 Å². The Balaban J connectivity index is 2.10. The van der Waals surface area contributed by atoms with E-state index in [2.05, 4.69) is 4.98 Å². The predicted octanol–water partition coefficient (Wildman–Crippen LogP) is 0.818. The smallest absolute Gasteiger partial charge is 0.254 e. The second-order valence-corrected chi connectivity index (χ2v) is 11.5. The van der Waals surface area contributed by atoms with Crippen molar-refractivity contribution in [3.05, 3.63) is 40.2 Å². The van der Waals surface area contributed by atoms with E-state index in [4.69, 9.17) is 0 Å². The molecule has 1 aliphatic rings. The fourth-order valence-corrected chi connectivity index (χ4v) is 6.98. The van der Waals surface area contributed by atoms with E-state index >= 15 is 0 Å². The number of sulfonamides is 1. The lowest BCUT2D eigenvalue weighted by Gasteiger charge is -2.24. The van der Waals surface area contributed by atoms with Crippen LogP contribution in [0.1, 0.15) is 30.6 Å². The highest BCUT2D eigenvalue weighted by molar-refractivity contribution is 7.91. The van der Waals surface area contributed by atoms with Crippen LogP contribution in [-0.4, -0.2) is 74.6 Å². The summed E-state index contributed by atoms with van der Waals surface area (Å²) in [6.45, 7) is 4.07. The van der Waals surface area contributed by atoms with Crippen LogP contribution >= 0.6 is 0 Å². The zero-order valence-corrected chi connectivity index (χ0v) is 18.7. The Morgan fingerprint density at radius 3 is 2.43 bits per heavy atom. The van der Waals surface area contributed by atoms with Gasteiger partial charge in [0.05, 0.1) is 22.0 Å². The number of nitrogens with zero attached hydrogens (tertiary/aromatic N) is 2. The third kappa shape index (κ3) is 4.14. The summed E-state index contributed by atoms with van der Waals surface area (Å²) < 4.78 is 50.7. The summed E-state index contributed by atoms with van der Waals surface area (Å²) in [6, 6.07) is 4.88. The lowest BCUT2D eigenvalue weighted by atomic mass is 10.1. The highest BCUT2D eigenvalue weighted by Crippen LogP contribution is 2.25. The Morgan fingerprint density at radius 1 is 1.20 bits per heavy atom. The first-order valence-electron chi connectivity index (χ1n) is 9.65. The standard InChI is InChI=1S/C19H25N3O6S2/c1-4-22(5-2)30(27,28)14-6-7-17-15(10-14)16(11-18(23)20-17)19(24)21(3)13-8-9-29(25,26)12-13/h6-7,10-11,13H,4-5,8-9,12H2,1-3H3,(H,20,23)/t13-/m0/s1. The Morgan fingerprint density at radius 2 is 1.87 bits per heavy atom. The normalized spacial score (nSPS) is 18.7. The maximum atomic E-state index is 13.1. The number of sulfone groups is 1. The molecule has 3 rings (SSSR count). The largest absolute Gasteiger partial charge is 0.338 e. The lowest BCUT2D eigenvalue weighted by molar-refractivity contribution is 0.0749. The van der Waals surface area contributed by atoms with E-state index in [9.17, 15) is 26.4 Å². The van der Waals surface area contributed by atoms with Gasteiger partial charge in [-0.25, -0.2) is 16.8 Å². The van der Waals surface area contributed by atoms with Crippen molar-refractivity contribution >= 4 is 36.7 Å². The highest BCUT2D eigenvalue weighted by Gasteiger charge is 2.33. The molecule has 2 aromatic rings. The second-order valence-electron chi connectivity index (χ2n) is 7.32. The summed E-state index contributed by atoms with van der Waals surface area (Å²) in [4.78, 5) is 29.2. The molecule has 1 aromatic heterocycles. The van der Waals surface area contributed by atoms with E-state index in [1.165, 1.54) is 34.5 Å². The zero-order valence-electron chi connectivity index (χ0n) is 17.1. The van der Waals surface area contributed by atoms with Crippen molar-refractivity contribution in [2.24, 2.45) is 0 Å². The van der Waals surface area contributed by atoms with Gasteiger partial charge in [0.15, 0.2) is 9.84 Å². The van der Waals surface area contributed by atoms with Gasteiger partial charge in [-0.3, -0.25) is 9.59 Å². The molecule has 1 saturated heterocycles. The quantitative estimate of drug-likeness (QED) is 0.687. The number of nitrogens with one attached hydrogen (secondary N) is 1. The van der Waals surface area contributed by atoms with Gasteiger partial charge in [0.1, 0.15) is 0 Å². The average molecular weight is 456 g/mol. The van der Waals surface area contributed by atoms with Gasteiger partial charge in [-0.2, -0.15) is 4.31 Å². The van der Waals surface area contributed by atoms with Crippen molar-refractivity contribution in [3.8, 4) is 0 Å². The van der Waals surface area contributed by atoms with Gasteiger partial charge in [-0.15, -0.1) is 0 Å². The summed E-state index contributed by atoms with van der Waals surface area (Å²) in [5.41, 5.74) is -0.133. The fourth-order valence-electron chi connectivity index (χ4n) is 3.72. The molecule has 164 valence electrons. The molecule has 30 heavy (non-hydrogen) atoms. The molecule has 1 aliphatic heterocycles. The van der Waals surface area contributed by atoms with Gasteiger partial charge in [-0.1, -0.05) is 13.8 Å². The monoisotopic (exact) mass is 455 g/mol. The molecule has 0 aliphatic carbocycles. The average Bonchev–Trinajstić information content (AvgIpc) is 3.06. The molecule has 11 heteroatoms. The molecule has 1 aromatic carbocycles. The van der Waals surface area contributed by atoms with Crippen LogP contribution in [0.15, 0.2) is 34.0 Å². The zero-order chi connectivity index (χ0) is 22.3. The predicted molar refractivity (Wildman–Crippen MR) is 114 cm³/mol. The van der Waals surface area contributed by atoms with Crippen LogP contribution in [0.4, 0.5) is 0 Å². The highest BCUT2D eigenvalue weighted by atomic mass is 32.2. The van der Waals surface area contributed by atoms with Crippen LogP contribution in [0.5, 0.6) is 0 Å². The second kappa shape index (κ2) is 8.12. The molecule has 0 radical (unpaired) electrons. The van der Waals surface area contributed by atoms with Crippen LogP contribution in [0.25, 0.3) is 10.9 Å². The lowest BCUT2D eigenvalue weighted by Crippen LogP contribution is -2.38. The number of rotatable bonds is 6. The molecule has 1 fully saturated rings. The number of aromatic nitrogens is 1. The summed E-state index contributed by atoms with van der Waals surface area (Å²) in [5.74, 6) is -0.638. The van der Waals surface area contributed by atoms with Crippen molar-refractivity contribution in [2.75, 3.05) is 31.6 Å². The molecule has 0 unspecified atom stereocenters. The molecule has 2 heterocycles. The number of hydrogen-bond donors (Lipinski definition) is 1. The summed E-state index contributed by atoms with van der Waals surface area (Å²) in [7, 11) is -5.46. The molecule has 0 saturated carbocycles. The number of benzene rings is 1. The van der Waals surface area contributed by atoms with Gasteiger partial charge in [-0.05, 0) is 24.6 Å². The first kappa shape index (κ1) is 22.4. The van der Waals surface area contributed by atoms with E-state index in [-0.39, 0.29) is 22.0 Å². The fraction of sp³-hybridized carbons (Fsp3) is 0.474. The van der Waals surface area contributed by atoms with E-state index in [0.29, 0.717) is 30.4 Å². The minimum Gasteiger partial charge on any atom is -0.338 e. The van der Waals surface area contributed by atoms with E-state index in [1.807, 2.05) is 0 Å². The Bertz CT molecular complexity index is 1250. The first-order valence-corrected chi connectivity index (χ1v) is 12.9.